The highest BCUT2D eigenvalue weighted by Gasteiger charge is 2.61. The van der Waals surface area contributed by atoms with E-state index in [9.17, 15) is 5.11 Å². The van der Waals surface area contributed by atoms with Crippen LogP contribution in [-0.4, -0.2) is 11.2 Å². The lowest BCUT2D eigenvalue weighted by atomic mass is 9.44. The van der Waals surface area contributed by atoms with Gasteiger partial charge in [-0.3, -0.25) is 0 Å². The van der Waals surface area contributed by atoms with Gasteiger partial charge in [0.05, 0.1) is 6.10 Å². The molecule has 0 heterocycles. The van der Waals surface area contributed by atoms with Gasteiger partial charge in [-0.2, -0.15) is 0 Å². The third kappa shape index (κ3) is 3.40. The van der Waals surface area contributed by atoms with Gasteiger partial charge in [0.25, 0.3) is 0 Å². The Labute approximate surface area is 175 Å². The topological polar surface area (TPSA) is 20.2 Å². The zero-order valence-electron chi connectivity index (χ0n) is 19.6. The molecule has 0 aliphatic heterocycles. The average Bonchev–Trinajstić information content (AvgIpc) is 2.98. The van der Waals surface area contributed by atoms with Crippen LogP contribution in [0.3, 0.4) is 0 Å². The minimum atomic E-state index is -0.00897. The monoisotopic (exact) mass is 388 g/mol. The van der Waals surface area contributed by atoms with Crippen LogP contribution in [0.5, 0.6) is 0 Å². The van der Waals surface area contributed by atoms with Crippen LogP contribution >= 0.6 is 0 Å². The summed E-state index contributed by atoms with van der Waals surface area (Å²) in [7, 11) is 0. The zero-order chi connectivity index (χ0) is 20.1. The molecule has 0 saturated heterocycles. The molecule has 4 aliphatic rings. The summed E-state index contributed by atoms with van der Waals surface area (Å²) in [6.45, 7) is 12.6. The Morgan fingerprint density at radius 1 is 0.786 bits per heavy atom. The number of aliphatic hydroxyl groups excluding tert-OH is 1. The molecule has 0 bridgehead atoms. The van der Waals surface area contributed by atoms with Gasteiger partial charge >= 0.3 is 0 Å². The van der Waals surface area contributed by atoms with E-state index in [-0.39, 0.29) is 6.10 Å². The highest BCUT2D eigenvalue weighted by molar-refractivity contribution is 5.10. The van der Waals surface area contributed by atoms with Crippen molar-refractivity contribution in [3.05, 3.63) is 0 Å². The maximum absolute atomic E-state index is 10.7. The van der Waals surface area contributed by atoms with Crippen molar-refractivity contribution >= 4 is 0 Å². The number of hydrogen-bond donors (Lipinski definition) is 1. The zero-order valence-corrected chi connectivity index (χ0v) is 19.6. The Kier molecular flexibility index (Phi) is 5.98. The van der Waals surface area contributed by atoms with E-state index in [4.69, 9.17) is 0 Å². The molecule has 28 heavy (non-hydrogen) atoms. The number of rotatable bonds is 5. The van der Waals surface area contributed by atoms with E-state index in [0.29, 0.717) is 16.7 Å². The number of aliphatic hydroxyl groups is 1. The molecule has 1 heteroatoms. The van der Waals surface area contributed by atoms with Crippen molar-refractivity contribution < 1.29 is 5.11 Å². The fourth-order valence-corrected chi connectivity index (χ4v) is 9.41. The van der Waals surface area contributed by atoms with Crippen LogP contribution in [0.1, 0.15) is 112 Å². The summed E-state index contributed by atoms with van der Waals surface area (Å²) in [6.07, 6.45) is 16.6. The summed E-state index contributed by atoms with van der Waals surface area (Å²) in [5, 5.41) is 10.7. The van der Waals surface area contributed by atoms with Crippen LogP contribution in [0.4, 0.5) is 0 Å². The van der Waals surface area contributed by atoms with Gasteiger partial charge in [0.2, 0.25) is 0 Å². The van der Waals surface area contributed by atoms with Crippen molar-refractivity contribution in [2.24, 2.45) is 52.3 Å². The maximum atomic E-state index is 10.7. The maximum Gasteiger partial charge on any atom is 0.0573 e. The Morgan fingerprint density at radius 2 is 1.50 bits per heavy atom. The first-order valence-corrected chi connectivity index (χ1v) is 13.0. The molecule has 4 saturated carbocycles. The van der Waals surface area contributed by atoms with Crippen LogP contribution in [0.15, 0.2) is 0 Å². The molecule has 0 amide bonds. The minimum Gasteiger partial charge on any atom is -0.393 e. The predicted molar refractivity (Wildman–Crippen MR) is 119 cm³/mol. The van der Waals surface area contributed by atoms with Gasteiger partial charge in [-0.15, -0.1) is 0 Å². The lowest BCUT2D eigenvalue weighted by Crippen LogP contribution is -2.55. The normalized spacial score (nSPS) is 49.4. The van der Waals surface area contributed by atoms with E-state index in [1.807, 2.05) is 0 Å². The smallest absolute Gasteiger partial charge is 0.0573 e. The van der Waals surface area contributed by atoms with Crippen LogP contribution < -0.4 is 0 Å². The fourth-order valence-electron chi connectivity index (χ4n) is 9.41. The number of fused-ring (bicyclic) bond motifs is 5. The molecule has 162 valence electrons. The SMILES string of the molecule is CC(C)CCC[C@@H](C)C1CCC2C3CC[C@H]4[C@H](O)CCCC4(C)C3CCC21C. The van der Waals surface area contributed by atoms with Crippen molar-refractivity contribution in [3.63, 3.8) is 0 Å². The molecule has 4 rings (SSSR count). The van der Waals surface area contributed by atoms with Gasteiger partial charge in [0, 0.05) is 0 Å². The summed E-state index contributed by atoms with van der Waals surface area (Å²) >= 11 is 0. The van der Waals surface area contributed by atoms with Gasteiger partial charge in [-0.05, 0) is 104 Å². The summed E-state index contributed by atoms with van der Waals surface area (Å²) < 4.78 is 0. The summed E-state index contributed by atoms with van der Waals surface area (Å²) in [6, 6.07) is 0. The second-order valence-corrected chi connectivity index (χ2v) is 12.6. The van der Waals surface area contributed by atoms with Crippen LogP contribution in [-0.2, 0) is 0 Å². The van der Waals surface area contributed by atoms with E-state index in [1.165, 1.54) is 70.6 Å². The second kappa shape index (κ2) is 7.90. The molecule has 1 N–H and O–H groups in total. The predicted octanol–water partition coefficient (Wildman–Crippen LogP) is 7.47. The molecule has 0 aromatic heterocycles. The lowest BCUT2D eigenvalue weighted by Gasteiger charge is -2.61. The van der Waals surface area contributed by atoms with Gasteiger partial charge in [-0.1, -0.05) is 60.3 Å². The molecule has 0 radical (unpaired) electrons. The first-order chi connectivity index (χ1) is 13.3. The molecule has 0 spiro atoms. The van der Waals surface area contributed by atoms with E-state index in [1.54, 1.807) is 0 Å². The van der Waals surface area contributed by atoms with E-state index >= 15 is 0 Å². The molecule has 4 aliphatic carbocycles. The molecule has 0 aromatic carbocycles. The Bertz CT molecular complexity index is 540. The Morgan fingerprint density at radius 3 is 2.25 bits per heavy atom. The quantitative estimate of drug-likeness (QED) is 0.518. The molecule has 1 nitrogen and oxygen atoms in total. The largest absolute Gasteiger partial charge is 0.393 e. The molecular weight excluding hydrogens is 340 g/mol. The van der Waals surface area contributed by atoms with Crippen molar-refractivity contribution in [1.29, 1.82) is 0 Å². The molecule has 6 unspecified atom stereocenters. The summed E-state index contributed by atoms with van der Waals surface area (Å²) in [4.78, 5) is 0. The number of hydrogen-bond acceptors (Lipinski definition) is 1. The molecular formula is C27H48O. The van der Waals surface area contributed by atoms with Crippen LogP contribution in [0.2, 0.25) is 0 Å². The van der Waals surface area contributed by atoms with E-state index in [0.717, 1.165) is 41.9 Å². The first kappa shape index (κ1) is 21.2. The second-order valence-electron chi connectivity index (χ2n) is 12.6. The van der Waals surface area contributed by atoms with Crippen molar-refractivity contribution in [1.82, 2.24) is 0 Å². The molecule has 0 aromatic rings. The van der Waals surface area contributed by atoms with Crippen molar-refractivity contribution in [3.8, 4) is 0 Å². The average molecular weight is 389 g/mol. The van der Waals surface area contributed by atoms with Gasteiger partial charge < -0.3 is 5.11 Å². The minimum absolute atomic E-state index is 0.00897. The van der Waals surface area contributed by atoms with Gasteiger partial charge in [0.1, 0.15) is 0 Å². The Hall–Kier alpha value is -0.0400. The Balaban J connectivity index is 1.47. The highest BCUT2D eigenvalue weighted by Crippen LogP contribution is 2.68. The molecule has 4 fully saturated rings. The van der Waals surface area contributed by atoms with Crippen molar-refractivity contribution in [2.75, 3.05) is 0 Å². The van der Waals surface area contributed by atoms with Crippen LogP contribution in [0.25, 0.3) is 0 Å². The van der Waals surface area contributed by atoms with E-state index < -0.39 is 0 Å². The van der Waals surface area contributed by atoms with Crippen LogP contribution in [0, 0.1) is 52.3 Å². The summed E-state index contributed by atoms with van der Waals surface area (Å²) in [5.74, 6) is 6.16. The van der Waals surface area contributed by atoms with E-state index in [2.05, 4.69) is 34.6 Å². The highest BCUT2D eigenvalue weighted by atomic mass is 16.3. The first-order valence-electron chi connectivity index (χ1n) is 13.0. The van der Waals surface area contributed by atoms with Gasteiger partial charge in [0.15, 0.2) is 0 Å². The van der Waals surface area contributed by atoms with Gasteiger partial charge in [-0.25, -0.2) is 0 Å². The third-order valence-electron chi connectivity index (χ3n) is 10.8. The van der Waals surface area contributed by atoms with Crippen molar-refractivity contribution in [2.45, 2.75) is 118 Å². The lowest BCUT2D eigenvalue weighted by molar-refractivity contribution is -0.145. The fraction of sp³-hybridized carbons (Fsp3) is 1.00. The standard InChI is InChI=1S/C27H48O/c1-18(2)8-6-9-19(3)21-13-14-22-20-11-12-24-25(28)10-7-16-26(24,4)23(20)15-17-27(21,22)5/h18-25,28H,6-17H2,1-5H3/t19-,20?,21?,22?,23?,24+,25-,26?,27?/m1/s1. The summed E-state index contributed by atoms with van der Waals surface area (Å²) in [5.41, 5.74) is 1.04. The third-order valence-corrected chi connectivity index (χ3v) is 10.8. The molecule has 9 atom stereocenters.